The van der Waals surface area contributed by atoms with Crippen molar-refractivity contribution in [1.82, 2.24) is 10.6 Å². The topological polar surface area (TPSA) is 73.8 Å². The molecule has 0 bridgehead atoms. The molecular weight excluding hydrogens is 459 g/mol. The first kappa shape index (κ1) is 21.5. The first-order valence-corrected chi connectivity index (χ1v) is 11.2. The molecular formula is C25H20Cl2N4O2. The highest BCUT2D eigenvalue weighted by Crippen LogP contribution is 2.52. The second-order valence-electron chi connectivity index (χ2n) is 8.09. The van der Waals surface area contributed by atoms with Crippen LogP contribution in [-0.4, -0.2) is 17.6 Å². The lowest BCUT2D eigenvalue weighted by atomic mass is 9.65. The van der Waals surface area contributed by atoms with Crippen LogP contribution in [-0.2, 0) is 4.79 Å². The summed E-state index contributed by atoms with van der Waals surface area (Å²) in [5, 5.41) is 13.2. The molecule has 1 spiro atoms. The predicted molar refractivity (Wildman–Crippen MR) is 130 cm³/mol. The van der Waals surface area contributed by atoms with Crippen molar-refractivity contribution in [3.05, 3.63) is 100 Å². The van der Waals surface area contributed by atoms with E-state index in [1.165, 1.54) is 5.01 Å². The highest BCUT2D eigenvalue weighted by molar-refractivity contribution is 6.31. The third kappa shape index (κ3) is 3.46. The van der Waals surface area contributed by atoms with Crippen molar-refractivity contribution < 1.29 is 9.59 Å². The molecule has 33 heavy (non-hydrogen) atoms. The Hall–Kier alpha value is -3.35. The largest absolute Gasteiger partial charge is 0.330 e. The molecule has 2 heterocycles. The van der Waals surface area contributed by atoms with Crippen LogP contribution in [0.4, 0.5) is 10.5 Å². The van der Waals surface area contributed by atoms with Gasteiger partial charge in [-0.1, -0.05) is 65.7 Å². The Labute approximate surface area is 201 Å². The van der Waals surface area contributed by atoms with Crippen LogP contribution in [0, 0.1) is 5.41 Å². The monoisotopic (exact) mass is 478 g/mol. The lowest BCUT2D eigenvalue weighted by molar-refractivity contribution is -0.127. The van der Waals surface area contributed by atoms with Crippen molar-refractivity contribution in [2.45, 2.75) is 19.0 Å². The molecule has 1 unspecified atom stereocenters. The van der Waals surface area contributed by atoms with Gasteiger partial charge in [-0.3, -0.25) is 4.79 Å². The van der Waals surface area contributed by atoms with Gasteiger partial charge in [0.05, 0.1) is 23.5 Å². The summed E-state index contributed by atoms with van der Waals surface area (Å²) in [6.45, 7) is 1.83. The van der Waals surface area contributed by atoms with Gasteiger partial charge in [-0.15, -0.1) is 0 Å². The van der Waals surface area contributed by atoms with Crippen molar-refractivity contribution in [1.29, 1.82) is 0 Å². The zero-order valence-electron chi connectivity index (χ0n) is 17.6. The summed E-state index contributed by atoms with van der Waals surface area (Å²) in [5.41, 5.74) is 1.53. The normalized spacial score (nSPS) is 24.5. The van der Waals surface area contributed by atoms with E-state index in [-0.39, 0.29) is 11.9 Å². The van der Waals surface area contributed by atoms with Crippen LogP contribution in [0.15, 0.2) is 84.0 Å². The molecule has 0 saturated carbocycles. The Bertz CT molecular complexity index is 1190. The van der Waals surface area contributed by atoms with E-state index in [1.807, 2.05) is 61.5 Å². The Morgan fingerprint density at radius 3 is 1.76 bits per heavy atom. The minimum absolute atomic E-state index is 0.237. The molecule has 0 aliphatic carbocycles. The smallest absolute Gasteiger partial charge is 0.315 e. The van der Waals surface area contributed by atoms with Gasteiger partial charge in [0.25, 0.3) is 5.91 Å². The number of amides is 3. The molecule has 2 N–H and O–H groups in total. The van der Waals surface area contributed by atoms with Crippen molar-refractivity contribution in [3.8, 4) is 0 Å². The second-order valence-corrected chi connectivity index (χ2v) is 8.97. The fraction of sp³-hybridized carbons (Fsp3) is 0.160. The Kier molecular flexibility index (Phi) is 5.35. The molecule has 0 aromatic heterocycles. The van der Waals surface area contributed by atoms with Crippen LogP contribution in [0.3, 0.4) is 0 Å². The van der Waals surface area contributed by atoms with E-state index in [2.05, 4.69) is 15.7 Å². The molecule has 2 aliphatic heterocycles. The third-order valence-electron chi connectivity index (χ3n) is 6.26. The van der Waals surface area contributed by atoms with Crippen LogP contribution < -0.4 is 15.6 Å². The summed E-state index contributed by atoms with van der Waals surface area (Å²) in [7, 11) is 0. The van der Waals surface area contributed by atoms with Crippen molar-refractivity contribution in [2.75, 3.05) is 5.01 Å². The number of anilines is 1. The molecule has 3 amide bonds. The molecule has 1 saturated heterocycles. The van der Waals surface area contributed by atoms with Crippen LogP contribution in [0.1, 0.15) is 30.1 Å². The number of nitrogens with zero attached hydrogens (tertiary/aromatic N) is 2. The standard InChI is InChI=1S/C25H20Cl2N4O2/c1-15-25(23(32)31(30-15)20-5-3-2-4-6-20)21(16-7-11-18(26)12-8-16)28-24(33)29-22(25)17-9-13-19(27)14-10-17/h2-14,21-22H,1H3,(H2,28,29,33)/t21-,22+,25?. The third-order valence-corrected chi connectivity index (χ3v) is 6.77. The van der Waals surface area contributed by atoms with Crippen LogP contribution >= 0.6 is 23.2 Å². The minimum Gasteiger partial charge on any atom is -0.330 e. The number of urea groups is 1. The molecule has 3 aromatic rings. The van der Waals surface area contributed by atoms with Gasteiger partial charge in [0, 0.05) is 10.0 Å². The van der Waals surface area contributed by atoms with Crippen LogP contribution in [0.2, 0.25) is 10.0 Å². The molecule has 166 valence electrons. The quantitative estimate of drug-likeness (QED) is 0.521. The Balaban J connectivity index is 1.72. The summed E-state index contributed by atoms with van der Waals surface area (Å²) in [4.78, 5) is 27.1. The number of carbonyl (C=O) groups is 2. The fourth-order valence-corrected chi connectivity index (χ4v) is 4.97. The van der Waals surface area contributed by atoms with Crippen LogP contribution in [0.5, 0.6) is 0 Å². The maximum absolute atomic E-state index is 14.3. The van der Waals surface area contributed by atoms with Gasteiger partial charge in [-0.05, 0) is 54.4 Å². The summed E-state index contributed by atoms with van der Waals surface area (Å²) >= 11 is 12.2. The van der Waals surface area contributed by atoms with Crippen LogP contribution in [0.25, 0.3) is 0 Å². The van der Waals surface area contributed by atoms with Gasteiger partial charge in [0.15, 0.2) is 0 Å². The number of benzene rings is 3. The molecule has 6 nitrogen and oxygen atoms in total. The second kappa shape index (κ2) is 8.21. The van der Waals surface area contributed by atoms with Crippen molar-refractivity contribution in [2.24, 2.45) is 10.5 Å². The average Bonchev–Trinajstić information content (AvgIpc) is 3.08. The molecule has 1 fully saturated rings. The van der Waals surface area contributed by atoms with Crippen molar-refractivity contribution in [3.63, 3.8) is 0 Å². The molecule has 3 atom stereocenters. The Morgan fingerprint density at radius 1 is 0.788 bits per heavy atom. The maximum Gasteiger partial charge on any atom is 0.315 e. The molecule has 5 rings (SSSR count). The zero-order valence-corrected chi connectivity index (χ0v) is 19.1. The summed E-state index contributed by atoms with van der Waals surface area (Å²) < 4.78 is 0. The zero-order chi connectivity index (χ0) is 23.2. The number of hydrazone groups is 1. The molecule has 2 aliphatic rings. The molecule has 8 heteroatoms. The minimum atomic E-state index is -1.22. The SMILES string of the molecule is CC1=NN(c2ccccc2)C(=O)C12[C@@H](c1ccc(Cl)cc1)NC(=O)N[C@H]2c1ccc(Cl)cc1. The number of hydrogen-bond donors (Lipinski definition) is 2. The fourth-order valence-electron chi connectivity index (χ4n) is 4.72. The molecule has 3 aromatic carbocycles. The van der Waals surface area contributed by atoms with E-state index in [4.69, 9.17) is 23.2 Å². The molecule has 0 radical (unpaired) electrons. The van der Waals surface area contributed by atoms with E-state index >= 15 is 0 Å². The summed E-state index contributed by atoms with van der Waals surface area (Å²) in [5.74, 6) is -0.237. The highest BCUT2D eigenvalue weighted by Gasteiger charge is 2.63. The summed E-state index contributed by atoms with van der Waals surface area (Å²) in [6, 6.07) is 21.8. The number of rotatable bonds is 3. The van der Waals surface area contributed by atoms with Gasteiger partial charge in [0.2, 0.25) is 0 Å². The summed E-state index contributed by atoms with van der Waals surface area (Å²) in [6.07, 6.45) is 0. The number of hydrogen-bond acceptors (Lipinski definition) is 3. The number of carbonyl (C=O) groups excluding carboxylic acids is 2. The van der Waals surface area contributed by atoms with E-state index in [0.717, 1.165) is 11.1 Å². The lowest BCUT2D eigenvalue weighted by Crippen LogP contribution is -2.63. The van der Waals surface area contributed by atoms with Gasteiger partial charge in [-0.25, -0.2) is 4.79 Å². The van der Waals surface area contributed by atoms with Crippen molar-refractivity contribution >= 4 is 46.5 Å². The highest BCUT2D eigenvalue weighted by atomic mass is 35.5. The van der Waals surface area contributed by atoms with E-state index < -0.39 is 17.5 Å². The first-order chi connectivity index (χ1) is 15.9. The lowest BCUT2D eigenvalue weighted by Gasteiger charge is -2.46. The van der Waals surface area contributed by atoms with Gasteiger partial charge >= 0.3 is 6.03 Å². The van der Waals surface area contributed by atoms with Gasteiger partial charge in [-0.2, -0.15) is 10.1 Å². The average molecular weight is 479 g/mol. The van der Waals surface area contributed by atoms with E-state index in [1.54, 1.807) is 24.3 Å². The number of halogens is 2. The first-order valence-electron chi connectivity index (χ1n) is 10.4. The number of nitrogens with one attached hydrogen (secondary N) is 2. The number of para-hydroxylation sites is 1. The predicted octanol–water partition coefficient (Wildman–Crippen LogP) is 5.50. The maximum atomic E-state index is 14.3. The van der Waals surface area contributed by atoms with E-state index in [0.29, 0.717) is 21.4 Å². The Morgan fingerprint density at radius 2 is 1.27 bits per heavy atom. The van der Waals surface area contributed by atoms with E-state index in [9.17, 15) is 9.59 Å². The van der Waals surface area contributed by atoms with Gasteiger partial charge < -0.3 is 10.6 Å². The van der Waals surface area contributed by atoms with Gasteiger partial charge in [0.1, 0.15) is 5.41 Å².